The predicted octanol–water partition coefficient (Wildman–Crippen LogP) is 1.22. The van der Waals surface area contributed by atoms with E-state index in [1.165, 1.54) is 27.5 Å². The molecule has 3 N–H and O–H groups in total. The summed E-state index contributed by atoms with van der Waals surface area (Å²) in [6.45, 7) is 0.325. The van der Waals surface area contributed by atoms with Crippen LogP contribution in [0.15, 0.2) is 35.3 Å². The van der Waals surface area contributed by atoms with Crippen LogP contribution in [0.2, 0.25) is 0 Å². The fourth-order valence-corrected chi connectivity index (χ4v) is 5.82. The number of aromatic amines is 1. The lowest BCUT2D eigenvalue weighted by Crippen LogP contribution is -2.25. The van der Waals surface area contributed by atoms with Gasteiger partial charge in [-0.2, -0.15) is 4.98 Å². The number of nitrogen functional groups attached to an aromatic ring is 1. The number of aromatic nitrogens is 4. The van der Waals surface area contributed by atoms with Crippen molar-refractivity contribution in [1.29, 1.82) is 0 Å². The number of H-pyrrole nitrogens is 1. The van der Waals surface area contributed by atoms with Crippen molar-refractivity contribution in [3.8, 4) is 0 Å². The van der Waals surface area contributed by atoms with E-state index in [0.29, 0.717) is 17.5 Å². The summed E-state index contributed by atoms with van der Waals surface area (Å²) in [6, 6.07) is 6.83. The van der Waals surface area contributed by atoms with Crippen LogP contribution in [0.3, 0.4) is 0 Å². The van der Waals surface area contributed by atoms with E-state index >= 15 is 0 Å². The minimum absolute atomic E-state index is 0.0172. The maximum absolute atomic E-state index is 13.7. The van der Waals surface area contributed by atoms with Gasteiger partial charge < -0.3 is 24.6 Å². The zero-order valence-corrected chi connectivity index (χ0v) is 21.9. The third-order valence-corrected chi connectivity index (χ3v) is 8.38. The summed E-state index contributed by atoms with van der Waals surface area (Å²) in [6.07, 6.45) is 1.49. The number of rotatable bonds is 11. The molecule has 198 valence electrons. The van der Waals surface area contributed by atoms with Crippen LogP contribution in [0.4, 0.5) is 11.6 Å². The number of nitrogens with zero attached hydrogens (tertiary/aromatic N) is 4. The molecule has 0 amide bonds. The second-order valence-corrected chi connectivity index (χ2v) is 10.8. The molecule has 0 bridgehead atoms. The van der Waals surface area contributed by atoms with Gasteiger partial charge in [0.05, 0.1) is 38.6 Å². The predicted molar refractivity (Wildman–Crippen MR) is 137 cm³/mol. The largest absolute Gasteiger partial charge is 0.469 e. The summed E-state index contributed by atoms with van der Waals surface area (Å²) in [4.78, 5) is 52.7. The van der Waals surface area contributed by atoms with E-state index in [1.54, 1.807) is 24.3 Å². The molecule has 2 aromatic heterocycles. The highest BCUT2D eigenvalue weighted by molar-refractivity contribution is 7.67. The Bertz CT molecular complexity index is 1380. The van der Waals surface area contributed by atoms with Crippen LogP contribution < -0.4 is 21.5 Å². The Hall–Kier alpha value is -3.83. The minimum atomic E-state index is -3.45. The van der Waals surface area contributed by atoms with Gasteiger partial charge in [-0.25, -0.2) is 9.97 Å². The van der Waals surface area contributed by atoms with E-state index in [4.69, 9.17) is 15.0 Å². The zero-order chi connectivity index (χ0) is 27.2. The van der Waals surface area contributed by atoms with Crippen molar-refractivity contribution in [2.45, 2.75) is 19.4 Å². The molecule has 1 aromatic carbocycles. The first-order valence-corrected chi connectivity index (χ1v) is 13.0. The summed E-state index contributed by atoms with van der Waals surface area (Å²) < 4.78 is 28.5. The molecule has 0 fully saturated rings. The van der Waals surface area contributed by atoms with Crippen molar-refractivity contribution in [3.63, 3.8) is 0 Å². The topological polar surface area (TPSA) is 180 Å². The Kier molecular flexibility index (Phi) is 8.95. The quantitative estimate of drug-likeness (QED) is 0.267. The number of hydrogen-bond donors (Lipinski definition) is 2. The van der Waals surface area contributed by atoms with Gasteiger partial charge in [-0.15, -0.1) is 0 Å². The Morgan fingerprint density at radius 3 is 2.46 bits per heavy atom. The highest BCUT2D eigenvalue weighted by Crippen LogP contribution is 2.47. The number of hydrogen-bond acceptors (Lipinski definition) is 12. The van der Waals surface area contributed by atoms with Crippen LogP contribution in [-0.4, -0.2) is 66.4 Å². The number of ether oxygens (including phenoxy) is 2. The van der Waals surface area contributed by atoms with Gasteiger partial charge in [-0.3, -0.25) is 23.9 Å². The first kappa shape index (κ1) is 27.8. The van der Waals surface area contributed by atoms with E-state index in [1.807, 2.05) is 11.9 Å². The highest BCUT2D eigenvalue weighted by atomic mass is 31.2. The molecule has 0 saturated heterocycles. The molecule has 3 aromatic rings. The van der Waals surface area contributed by atoms with Crippen LogP contribution in [0.25, 0.3) is 11.2 Å². The second-order valence-electron chi connectivity index (χ2n) is 8.23. The van der Waals surface area contributed by atoms with Gasteiger partial charge >= 0.3 is 11.9 Å². The van der Waals surface area contributed by atoms with E-state index in [-0.39, 0.29) is 36.1 Å². The molecule has 2 heterocycles. The number of benzene rings is 1. The monoisotopic (exact) mass is 532 g/mol. The highest BCUT2D eigenvalue weighted by Gasteiger charge is 2.33. The number of carbonyl (C=O) groups is 2. The third kappa shape index (κ3) is 6.69. The molecule has 0 aliphatic rings. The van der Waals surface area contributed by atoms with Crippen LogP contribution >= 0.6 is 7.37 Å². The van der Waals surface area contributed by atoms with Crippen LogP contribution in [0.5, 0.6) is 0 Å². The smallest absolute Gasteiger partial charge is 0.309 e. The Morgan fingerprint density at radius 1 is 1.14 bits per heavy atom. The molecule has 0 spiro atoms. The van der Waals surface area contributed by atoms with Crippen molar-refractivity contribution < 1.29 is 28.2 Å². The van der Waals surface area contributed by atoms with Crippen LogP contribution in [0.1, 0.15) is 18.5 Å². The van der Waals surface area contributed by atoms with Crippen molar-refractivity contribution in [3.05, 3.63) is 46.5 Å². The molecule has 14 heteroatoms. The lowest BCUT2D eigenvalue weighted by molar-refractivity contribution is -0.146. The number of esters is 2. The summed E-state index contributed by atoms with van der Waals surface area (Å²) in [7, 11) is 2.18. The Morgan fingerprint density at radius 2 is 1.84 bits per heavy atom. The molecule has 37 heavy (non-hydrogen) atoms. The molecular formula is C23H29N6O7P. The third-order valence-electron chi connectivity index (χ3n) is 5.78. The SMILES string of the molecule is COC(=O)CCC(CP(=O)(OC)c1ccc(N(C)Cc2cnc3nc(N)[nH]c(=O)c3n2)cc1)C(=O)OC. The molecule has 13 nitrogen and oxygen atoms in total. The standard InChI is InChI=1S/C23H29N6O7P/c1-29(12-15-11-25-20-19(26-15)21(31)28-23(24)27-20)16-6-8-17(9-7-16)37(33,36-4)13-14(22(32)35-3)5-10-18(30)34-2/h6-9,11,14H,5,10,12-13H2,1-4H3,(H3,24,25,27,28,31). The zero-order valence-electron chi connectivity index (χ0n) is 21.0. The first-order valence-electron chi connectivity index (χ1n) is 11.2. The molecule has 3 rings (SSSR count). The lowest BCUT2D eigenvalue weighted by Gasteiger charge is -2.23. The van der Waals surface area contributed by atoms with Crippen molar-refractivity contribution in [1.82, 2.24) is 19.9 Å². The fourth-order valence-electron chi connectivity index (χ4n) is 3.74. The van der Waals surface area contributed by atoms with E-state index in [9.17, 15) is 18.9 Å². The van der Waals surface area contributed by atoms with Gasteiger partial charge in [-0.1, -0.05) is 0 Å². The number of methoxy groups -OCH3 is 2. The summed E-state index contributed by atoms with van der Waals surface area (Å²) >= 11 is 0. The van der Waals surface area contributed by atoms with Gasteiger partial charge in [0, 0.05) is 37.7 Å². The fraction of sp³-hybridized carbons (Fsp3) is 0.391. The number of nitrogens with two attached hydrogens (primary N) is 1. The minimum Gasteiger partial charge on any atom is -0.469 e. The van der Waals surface area contributed by atoms with Gasteiger partial charge in [0.25, 0.3) is 5.56 Å². The molecule has 2 atom stereocenters. The molecule has 2 unspecified atom stereocenters. The van der Waals surface area contributed by atoms with Crippen LogP contribution in [0, 0.1) is 5.92 Å². The first-order chi connectivity index (χ1) is 17.6. The van der Waals surface area contributed by atoms with Gasteiger partial charge in [0.15, 0.2) is 11.2 Å². The van der Waals surface area contributed by atoms with Crippen molar-refractivity contribution in [2.24, 2.45) is 5.92 Å². The number of anilines is 2. The number of carbonyl (C=O) groups excluding carboxylic acids is 2. The molecule has 0 saturated carbocycles. The molecule has 0 aliphatic heterocycles. The normalized spacial score (nSPS) is 13.5. The van der Waals surface area contributed by atoms with Gasteiger partial charge in [-0.05, 0) is 30.7 Å². The molecular weight excluding hydrogens is 503 g/mol. The van der Waals surface area contributed by atoms with E-state index < -0.39 is 30.8 Å². The average Bonchev–Trinajstić information content (AvgIpc) is 2.90. The summed E-state index contributed by atoms with van der Waals surface area (Å²) in [5.41, 5.74) is 6.61. The van der Waals surface area contributed by atoms with Gasteiger partial charge in [0.1, 0.15) is 0 Å². The number of nitrogens with one attached hydrogen (secondary N) is 1. The summed E-state index contributed by atoms with van der Waals surface area (Å²) in [5.74, 6) is -1.90. The van der Waals surface area contributed by atoms with E-state index in [2.05, 4.69) is 24.7 Å². The van der Waals surface area contributed by atoms with E-state index in [0.717, 1.165) is 5.69 Å². The maximum atomic E-state index is 13.7. The van der Waals surface area contributed by atoms with Crippen molar-refractivity contribution >= 4 is 47.4 Å². The Balaban J connectivity index is 1.76. The number of fused-ring (bicyclic) bond motifs is 1. The van der Waals surface area contributed by atoms with Gasteiger partial charge in [0.2, 0.25) is 13.3 Å². The maximum Gasteiger partial charge on any atom is 0.309 e. The Labute approximate surface area is 212 Å². The second kappa shape index (κ2) is 11.9. The van der Waals surface area contributed by atoms with Crippen LogP contribution in [-0.2, 0) is 34.7 Å². The van der Waals surface area contributed by atoms with Crippen molar-refractivity contribution in [2.75, 3.05) is 45.2 Å². The molecule has 0 radical (unpaired) electrons. The molecule has 0 aliphatic carbocycles. The lowest BCUT2D eigenvalue weighted by atomic mass is 10.1. The average molecular weight is 532 g/mol. The summed E-state index contributed by atoms with van der Waals surface area (Å²) in [5, 5.41) is 0.416.